The summed E-state index contributed by atoms with van der Waals surface area (Å²) >= 11 is 16.9. The molecule has 1 aliphatic heterocycles. The summed E-state index contributed by atoms with van der Waals surface area (Å²) < 4.78 is 6.60. The molecule has 0 aliphatic carbocycles. The van der Waals surface area contributed by atoms with Crippen LogP contribution in [-0.2, 0) is 11.4 Å². The van der Waals surface area contributed by atoms with Gasteiger partial charge in [0.2, 0.25) is 0 Å². The van der Waals surface area contributed by atoms with Gasteiger partial charge in [-0.2, -0.15) is 5.26 Å². The van der Waals surface area contributed by atoms with E-state index in [9.17, 15) is 10.1 Å². The van der Waals surface area contributed by atoms with Crippen LogP contribution in [0.15, 0.2) is 75.0 Å². The maximum absolute atomic E-state index is 12.4. The van der Waals surface area contributed by atoms with Crippen molar-refractivity contribution < 1.29 is 9.53 Å². The second-order valence-corrected chi connectivity index (χ2v) is 9.47. The van der Waals surface area contributed by atoms with Crippen molar-refractivity contribution >= 4 is 73.7 Å². The van der Waals surface area contributed by atoms with E-state index >= 15 is 0 Å². The van der Waals surface area contributed by atoms with E-state index in [-0.39, 0.29) is 12.5 Å². The zero-order valence-electron chi connectivity index (χ0n) is 16.8. The molecule has 1 amide bonds. The van der Waals surface area contributed by atoms with Gasteiger partial charge in [-0.25, -0.2) is 4.99 Å². The maximum Gasteiger partial charge on any atom is 0.264 e. The van der Waals surface area contributed by atoms with E-state index in [1.165, 1.54) is 11.8 Å². The van der Waals surface area contributed by atoms with E-state index in [0.717, 1.165) is 15.6 Å². The van der Waals surface area contributed by atoms with Gasteiger partial charge in [-0.1, -0.05) is 53.5 Å². The normalized spacial score (nSPS) is 15.5. The van der Waals surface area contributed by atoms with E-state index in [0.29, 0.717) is 37.1 Å². The van der Waals surface area contributed by atoms with Crippen molar-refractivity contribution in [3.05, 3.63) is 96.8 Å². The second kappa shape index (κ2) is 10.4. The molecule has 3 aromatic carbocycles. The van der Waals surface area contributed by atoms with Gasteiger partial charge in [0.1, 0.15) is 12.4 Å². The second-order valence-electron chi connectivity index (χ2n) is 6.80. The Labute approximate surface area is 213 Å². The molecule has 5 nitrogen and oxygen atoms in total. The van der Waals surface area contributed by atoms with Gasteiger partial charge in [0.25, 0.3) is 5.91 Å². The van der Waals surface area contributed by atoms with E-state index in [2.05, 4.69) is 32.3 Å². The number of nitriles is 1. The Balaban J connectivity index is 1.48. The molecule has 9 heteroatoms. The number of benzene rings is 3. The molecule has 0 bridgehead atoms. The number of nitrogens with zero attached hydrogens (tertiary/aromatic N) is 2. The third-order valence-electron chi connectivity index (χ3n) is 4.58. The Morgan fingerprint density at radius 2 is 1.97 bits per heavy atom. The molecule has 1 fully saturated rings. The fourth-order valence-electron chi connectivity index (χ4n) is 2.95. The third kappa shape index (κ3) is 5.60. The lowest BCUT2D eigenvalue weighted by atomic mass is 10.1. The Kier molecular flexibility index (Phi) is 7.41. The highest BCUT2D eigenvalue weighted by molar-refractivity contribution is 9.10. The van der Waals surface area contributed by atoms with Gasteiger partial charge in [-0.3, -0.25) is 4.79 Å². The van der Waals surface area contributed by atoms with Crippen LogP contribution < -0.4 is 10.1 Å². The number of amides is 1. The van der Waals surface area contributed by atoms with Crippen LogP contribution in [0.2, 0.25) is 10.0 Å². The van der Waals surface area contributed by atoms with Crippen LogP contribution in [0, 0.1) is 11.3 Å². The van der Waals surface area contributed by atoms with Crippen molar-refractivity contribution in [2.75, 3.05) is 0 Å². The molecule has 1 heterocycles. The fourth-order valence-corrected chi connectivity index (χ4v) is 4.64. The highest BCUT2D eigenvalue weighted by Gasteiger charge is 2.24. The molecule has 3 aromatic rings. The first-order valence-corrected chi connectivity index (χ1v) is 11.9. The summed E-state index contributed by atoms with van der Waals surface area (Å²) in [5.41, 5.74) is 2.68. The number of amidine groups is 1. The summed E-state index contributed by atoms with van der Waals surface area (Å²) in [6, 6.07) is 20.1. The number of halogens is 3. The van der Waals surface area contributed by atoms with Crippen LogP contribution in [-0.4, -0.2) is 11.1 Å². The molecule has 1 saturated heterocycles. The van der Waals surface area contributed by atoms with Crippen LogP contribution in [0.1, 0.15) is 16.7 Å². The van der Waals surface area contributed by atoms with E-state index in [4.69, 9.17) is 27.9 Å². The SMILES string of the molecule is N#Cc1ccccc1COc1ccc(C=C2SC(=Nc3cccc(Cl)c3Cl)NC2=O)cc1Br. The van der Waals surface area contributed by atoms with Gasteiger partial charge in [0, 0.05) is 5.56 Å². The van der Waals surface area contributed by atoms with Gasteiger partial charge in [0.15, 0.2) is 5.17 Å². The molecule has 0 atom stereocenters. The molecule has 33 heavy (non-hydrogen) atoms. The minimum absolute atomic E-state index is 0.249. The Hall–Kier alpha value is -2.76. The van der Waals surface area contributed by atoms with Crippen LogP contribution in [0.25, 0.3) is 6.08 Å². The highest BCUT2D eigenvalue weighted by atomic mass is 79.9. The molecule has 1 aliphatic rings. The first-order chi connectivity index (χ1) is 15.9. The quantitative estimate of drug-likeness (QED) is 0.339. The van der Waals surface area contributed by atoms with Crippen LogP contribution in [0.3, 0.4) is 0 Å². The van der Waals surface area contributed by atoms with Crippen LogP contribution in [0.5, 0.6) is 5.75 Å². The number of rotatable bonds is 5. The zero-order valence-corrected chi connectivity index (χ0v) is 20.7. The predicted octanol–water partition coefficient (Wildman–Crippen LogP) is 7.10. The average Bonchev–Trinajstić information content (AvgIpc) is 3.15. The smallest absolute Gasteiger partial charge is 0.264 e. The lowest BCUT2D eigenvalue weighted by Crippen LogP contribution is -2.19. The van der Waals surface area contributed by atoms with Crippen molar-refractivity contribution in [2.45, 2.75) is 6.61 Å². The molecule has 4 rings (SSSR count). The van der Waals surface area contributed by atoms with Crippen molar-refractivity contribution in [3.63, 3.8) is 0 Å². The summed E-state index contributed by atoms with van der Waals surface area (Å²) in [7, 11) is 0. The number of ether oxygens (including phenoxy) is 1. The Morgan fingerprint density at radius 1 is 1.15 bits per heavy atom. The third-order valence-corrected chi connectivity index (χ3v) is 6.92. The minimum Gasteiger partial charge on any atom is -0.488 e. The van der Waals surface area contributed by atoms with E-state index in [1.54, 1.807) is 30.3 Å². The predicted molar refractivity (Wildman–Crippen MR) is 137 cm³/mol. The molecule has 1 N–H and O–H groups in total. The number of nitrogens with one attached hydrogen (secondary N) is 1. The number of thioether (sulfide) groups is 1. The summed E-state index contributed by atoms with van der Waals surface area (Å²) in [4.78, 5) is 17.3. The summed E-state index contributed by atoms with van der Waals surface area (Å²) in [5.74, 6) is 0.382. The Morgan fingerprint density at radius 3 is 2.76 bits per heavy atom. The molecule has 0 unspecified atom stereocenters. The molecular formula is C24H14BrCl2N3O2S. The summed E-state index contributed by atoms with van der Waals surface area (Å²) in [6.07, 6.45) is 1.77. The van der Waals surface area contributed by atoms with Gasteiger partial charge in [0.05, 0.1) is 36.7 Å². The number of hydrogen-bond donors (Lipinski definition) is 1. The molecular weight excluding hydrogens is 545 g/mol. The van der Waals surface area contributed by atoms with Crippen molar-refractivity contribution in [2.24, 2.45) is 4.99 Å². The monoisotopic (exact) mass is 557 g/mol. The number of hydrogen-bond acceptors (Lipinski definition) is 5. The van der Waals surface area contributed by atoms with Crippen LogP contribution in [0.4, 0.5) is 5.69 Å². The van der Waals surface area contributed by atoms with Crippen LogP contribution >= 0.6 is 50.9 Å². The largest absolute Gasteiger partial charge is 0.488 e. The van der Waals surface area contributed by atoms with Gasteiger partial charge in [-0.05, 0) is 69.7 Å². The zero-order chi connectivity index (χ0) is 23.4. The van der Waals surface area contributed by atoms with Crippen molar-refractivity contribution in [1.82, 2.24) is 5.32 Å². The topological polar surface area (TPSA) is 74.5 Å². The molecule has 0 aromatic heterocycles. The summed E-state index contributed by atoms with van der Waals surface area (Å²) in [5, 5.41) is 13.1. The lowest BCUT2D eigenvalue weighted by molar-refractivity contribution is -0.115. The lowest BCUT2D eigenvalue weighted by Gasteiger charge is -2.10. The fraction of sp³-hybridized carbons (Fsp3) is 0.0417. The van der Waals surface area contributed by atoms with E-state index in [1.807, 2.05) is 36.4 Å². The number of aliphatic imine (C=N–C) groups is 1. The Bertz CT molecular complexity index is 1350. The highest BCUT2D eigenvalue weighted by Crippen LogP contribution is 2.35. The molecule has 0 spiro atoms. The van der Waals surface area contributed by atoms with E-state index < -0.39 is 0 Å². The molecule has 164 valence electrons. The van der Waals surface area contributed by atoms with Crippen molar-refractivity contribution in [1.29, 1.82) is 5.26 Å². The summed E-state index contributed by atoms with van der Waals surface area (Å²) in [6.45, 7) is 0.271. The number of carbonyl (C=O) groups is 1. The van der Waals surface area contributed by atoms with Gasteiger partial charge in [-0.15, -0.1) is 0 Å². The van der Waals surface area contributed by atoms with Gasteiger partial charge >= 0.3 is 0 Å². The first-order valence-electron chi connectivity index (χ1n) is 9.58. The standard InChI is InChI=1S/C24H14BrCl2N3O2S/c25-17-10-14(8-9-20(17)32-13-16-5-2-1-4-15(16)12-28)11-21-23(31)30-24(33-21)29-19-7-3-6-18(26)22(19)27/h1-11H,13H2,(H,29,30,31). The molecule has 0 radical (unpaired) electrons. The van der Waals surface area contributed by atoms with Crippen molar-refractivity contribution in [3.8, 4) is 11.8 Å². The average molecular weight is 559 g/mol. The maximum atomic E-state index is 12.4. The molecule has 0 saturated carbocycles. The van der Waals surface area contributed by atoms with Gasteiger partial charge < -0.3 is 10.1 Å². The number of carbonyl (C=O) groups excluding carboxylic acids is 1. The first kappa shape index (κ1) is 23.4. The minimum atomic E-state index is -0.249.